The van der Waals surface area contributed by atoms with Gasteiger partial charge in [0.15, 0.2) is 0 Å². The number of benzene rings is 1. The van der Waals surface area contributed by atoms with Crippen molar-refractivity contribution >= 4 is 0 Å². The first-order valence-electron chi connectivity index (χ1n) is 8.04. The summed E-state index contributed by atoms with van der Waals surface area (Å²) in [6.45, 7) is 4.12. The third-order valence-corrected chi connectivity index (χ3v) is 4.60. The summed E-state index contributed by atoms with van der Waals surface area (Å²) in [5, 5.41) is 3.53. The Balaban J connectivity index is 1.60. The van der Waals surface area contributed by atoms with Gasteiger partial charge in [0.1, 0.15) is 5.82 Å². The summed E-state index contributed by atoms with van der Waals surface area (Å²) in [6, 6.07) is 6.39. The number of likely N-dealkylation sites (tertiary alicyclic amines) is 1. The van der Waals surface area contributed by atoms with Crippen molar-refractivity contribution in [1.29, 1.82) is 0 Å². The van der Waals surface area contributed by atoms with Gasteiger partial charge in [-0.3, -0.25) is 4.90 Å². The van der Waals surface area contributed by atoms with Crippen LogP contribution in [0, 0.1) is 5.82 Å². The molecule has 20 heavy (non-hydrogen) atoms. The molecule has 1 N–H and O–H groups in total. The molecule has 0 aliphatic carbocycles. The zero-order chi connectivity index (χ0) is 13.8. The van der Waals surface area contributed by atoms with Crippen molar-refractivity contribution < 1.29 is 4.39 Å². The molecule has 1 aromatic carbocycles. The maximum Gasteiger partial charge on any atom is 0.127 e. The summed E-state index contributed by atoms with van der Waals surface area (Å²) >= 11 is 0. The summed E-state index contributed by atoms with van der Waals surface area (Å²) < 4.78 is 14.2. The van der Waals surface area contributed by atoms with E-state index in [9.17, 15) is 4.39 Å². The minimum Gasteiger partial charge on any atom is -0.314 e. The van der Waals surface area contributed by atoms with E-state index in [1.54, 1.807) is 6.07 Å². The molecule has 0 aromatic heterocycles. The molecule has 2 aliphatic heterocycles. The van der Waals surface area contributed by atoms with E-state index in [0.29, 0.717) is 6.04 Å². The summed E-state index contributed by atoms with van der Waals surface area (Å²) in [4.78, 5) is 2.35. The second-order valence-corrected chi connectivity index (χ2v) is 6.26. The largest absolute Gasteiger partial charge is 0.314 e. The van der Waals surface area contributed by atoms with Crippen molar-refractivity contribution in [2.24, 2.45) is 0 Å². The number of rotatable bonds is 4. The van der Waals surface area contributed by atoms with Crippen molar-refractivity contribution in [3.63, 3.8) is 0 Å². The summed E-state index contributed by atoms with van der Waals surface area (Å²) in [5.41, 5.74) is 1.99. The van der Waals surface area contributed by atoms with Gasteiger partial charge < -0.3 is 5.32 Å². The van der Waals surface area contributed by atoms with E-state index in [0.717, 1.165) is 43.7 Å². The minimum atomic E-state index is -0.0230. The molecule has 1 atom stereocenters. The molecule has 2 saturated heterocycles. The van der Waals surface area contributed by atoms with Crippen LogP contribution in [0.1, 0.15) is 43.2 Å². The van der Waals surface area contributed by atoms with E-state index in [4.69, 9.17) is 0 Å². The number of hydrogen-bond acceptors (Lipinski definition) is 2. The Labute approximate surface area is 121 Å². The quantitative estimate of drug-likeness (QED) is 0.909. The third kappa shape index (κ3) is 3.58. The van der Waals surface area contributed by atoms with Crippen LogP contribution in [0.25, 0.3) is 0 Å². The fourth-order valence-electron chi connectivity index (χ4n) is 3.41. The molecular formula is C17H25FN2. The highest BCUT2D eigenvalue weighted by Gasteiger charge is 2.16. The van der Waals surface area contributed by atoms with Gasteiger partial charge in [-0.25, -0.2) is 4.39 Å². The molecule has 3 heteroatoms. The van der Waals surface area contributed by atoms with E-state index in [2.05, 4.69) is 16.3 Å². The normalized spacial score (nSPS) is 24.1. The Kier molecular flexibility index (Phi) is 4.69. The highest BCUT2D eigenvalue weighted by molar-refractivity contribution is 5.25. The van der Waals surface area contributed by atoms with Crippen LogP contribution >= 0.6 is 0 Å². The van der Waals surface area contributed by atoms with Crippen LogP contribution in [-0.2, 0) is 13.0 Å². The lowest BCUT2D eigenvalue weighted by Gasteiger charge is -2.23. The van der Waals surface area contributed by atoms with Crippen LogP contribution < -0.4 is 5.32 Å². The predicted octanol–water partition coefficient (Wildman–Crippen LogP) is 3.11. The molecule has 2 nitrogen and oxygen atoms in total. The molecule has 2 aliphatic rings. The maximum atomic E-state index is 14.2. The molecule has 0 saturated carbocycles. The van der Waals surface area contributed by atoms with Gasteiger partial charge in [0.05, 0.1) is 0 Å². The van der Waals surface area contributed by atoms with E-state index in [1.165, 1.54) is 32.1 Å². The second kappa shape index (κ2) is 6.68. The van der Waals surface area contributed by atoms with Gasteiger partial charge in [-0.1, -0.05) is 18.6 Å². The van der Waals surface area contributed by atoms with Crippen LogP contribution in [0.5, 0.6) is 0 Å². The molecule has 1 aromatic rings. The Bertz CT molecular complexity index is 435. The lowest BCUT2D eigenvalue weighted by molar-refractivity contribution is 0.325. The second-order valence-electron chi connectivity index (χ2n) is 6.26. The van der Waals surface area contributed by atoms with Crippen LogP contribution in [0.3, 0.4) is 0 Å². The molecule has 3 rings (SSSR count). The number of piperidine rings is 1. The third-order valence-electron chi connectivity index (χ3n) is 4.60. The monoisotopic (exact) mass is 276 g/mol. The van der Waals surface area contributed by atoms with Crippen LogP contribution in [0.15, 0.2) is 18.2 Å². The van der Waals surface area contributed by atoms with Crippen molar-refractivity contribution in [3.8, 4) is 0 Å². The topological polar surface area (TPSA) is 15.3 Å². The van der Waals surface area contributed by atoms with E-state index in [1.807, 2.05) is 6.07 Å². The molecule has 2 fully saturated rings. The number of halogens is 1. The SMILES string of the molecule is Fc1cc(CC2CCCCN2)ccc1CN1CCCC1. The van der Waals surface area contributed by atoms with Crippen molar-refractivity contribution in [1.82, 2.24) is 10.2 Å². The smallest absolute Gasteiger partial charge is 0.127 e. The minimum absolute atomic E-state index is 0.0230. The molecule has 0 amide bonds. The maximum absolute atomic E-state index is 14.2. The number of nitrogens with one attached hydrogen (secondary N) is 1. The fraction of sp³-hybridized carbons (Fsp3) is 0.647. The van der Waals surface area contributed by atoms with Crippen molar-refractivity contribution in [3.05, 3.63) is 35.1 Å². The first-order valence-corrected chi connectivity index (χ1v) is 8.04. The number of hydrogen-bond donors (Lipinski definition) is 1. The van der Waals surface area contributed by atoms with Crippen LogP contribution in [0.2, 0.25) is 0 Å². The van der Waals surface area contributed by atoms with Gasteiger partial charge in [-0.05, 0) is 63.4 Å². The van der Waals surface area contributed by atoms with Gasteiger partial charge in [-0.15, -0.1) is 0 Å². The highest BCUT2D eigenvalue weighted by Crippen LogP contribution is 2.19. The number of nitrogens with zero attached hydrogens (tertiary/aromatic N) is 1. The summed E-state index contributed by atoms with van der Waals surface area (Å²) in [6.07, 6.45) is 7.27. The van der Waals surface area contributed by atoms with E-state index < -0.39 is 0 Å². The Hall–Kier alpha value is -0.930. The van der Waals surface area contributed by atoms with E-state index in [-0.39, 0.29) is 5.82 Å². The molecule has 2 heterocycles. The predicted molar refractivity (Wildman–Crippen MR) is 80.3 cm³/mol. The zero-order valence-corrected chi connectivity index (χ0v) is 12.2. The summed E-state index contributed by atoms with van der Waals surface area (Å²) in [7, 11) is 0. The van der Waals surface area contributed by atoms with Gasteiger partial charge >= 0.3 is 0 Å². The molecule has 0 spiro atoms. The van der Waals surface area contributed by atoms with Crippen molar-refractivity contribution in [2.45, 2.75) is 51.1 Å². The Morgan fingerprint density at radius 2 is 2.00 bits per heavy atom. The lowest BCUT2D eigenvalue weighted by Crippen LogP contribution is -2.35. The molecule has 110 valence electrons. The summed E-state index contributed by atoms with van der Waals surface area (Å²) in [5.74, 6) is -0.0230. The van der Waals surface area contributed by atoms with Gasteiger partial charge in [0.25, 0.3) is 0 Å². The Morgan fingerprint density at radius 1 is 1.15 bits per heavy atom. The molecule has 0 bridgehead atoms. The Morgan fingerprint density at radius 3 is 2.70 bits per heavy atom. The van der Waals surface area contributed by atoms with Gasteiger partial charge in [0.2, 0.25) is 0 Å². The molecule has 0 radical (unpaired) electrons. The van der Waals surface area contributed by atoms with Gasteiger partial charge in [-0.2, -0.15) is 0 Å². The first kappa shape index (κ1) is 14.0. The standard InChI is InChI=1S/C17H25FN2/c18-17-12-14(11-16-5-1-2-8-19-16)6-7-15(17)13-20-9-3-4-10-20/h6-7,12,16,19H,1-5,8-11,13H2. The average molecular weight is 276 g/mol. The van der Waals surface area contributed by atoms with Crippen molar-refractivity contribution in [2.75, 3.05) is 19.6 Å². The fourth-order valence-corrected chi connectivity index (χ4v) is 3.41. The average Bonchev–Trinajstić information content (AvgIpc) is 2.96. The van der Waals surface area contributed by atoms with Crippen LogP contribution in [0.4, 0.5) is 4.39 Å². The van der Waals surface area contributed by atoms with Crippen LogP contribution in [-0.4, -0.2) is 30.6 Å². The van der Waals surface area contributed by atoms with Gasteiger partial charge in [0, 0.05) is 18.2 Å². The first-order chi connectivity index (χ1) is 9.81. The highest BCUT2D eigenvalue weighted by atomic mass is 19.1. The van der Waals surface area contributed by atoms with E-state index >= 15 is 0 Å². The molecular weight excluding hydrogens is 251 g/mol. The molecule has 1 unspecified atom stereocenters. The zero-order valence-electron chi connectivity index (χ0n) is 12.2. The lowest BCUT2D eigenvalue weighted by atomic mass is 9.97.